The summed E-state index contributed by atoms with van der Waals surface area (Å²) in [4.78, 5) is 21.2. The van der Waals surface area contributed by atoms with Crippen molar-refractivity contribution in [3.8, 4) is 0 Å². The number of rotatable bonds is 6. The first-order valence-corrected chi connectivity index (χ1v) is 7.44. The van der Waals surface area contributed by atoms with E-state index < -0.39 is 0 Å². The number of carbonyl (C=O) groups is 1. The largest absolute Gasteiger partial charge is 0.356 e. The fourth-order valence-corrected chi connectivity index (χ4v) is 2.48. The fourth-order valence-electron chi connectivity index (χ4n) is 2.48. The van der Waals surface area contributed by atoms with Crippen molar-refractivity contribution in [2.75, 3.05) is 25.0 Å². The lowest BCUT2D eigenvalue weighted by Crippen LogP contribution is -2.47. The molecule has 1 atom stereocenters. The van der Waals surface area contributed by atoms with Gasteiger partial charge < -0.3 is 20.9 Å². The maximum absolute atomic E-state index is 12.2. The van der Waals surface area contributed by atoms with Gasteiger partial charge in [0.15, 0.2) is 5.95 Å². The maximum atomic E-state index is 12.2. The highest BCUT2D eigenvalue weighted by molar-refractivity contribution is 5.81. The average Bonchev–Trinajstić information content (AvgIpc) is 2.96. The molecule has 0 spiro atoms. The number of H-pyrrole nitrogens is 1. The van der Waals surface area contributed by atoms with Gasteiger partial charge in [-0.25, -0.2) is 4.98 Å². The molecule has 0 radical (unpaired) electrons. The van der Waals surface area contributed by atoms with E-state index in [2.05, 4.69) is 22.2 Å². The lowest BCUT2D eigenvalue weighted by atomic mass is 9.98. The molecule has 1 aromatic heterocycles. The molecule has 2 rings (SSSR count). The van der Waals surface area contributed by atoms with Gasteiger partial charge >= 0.3 is 0 Å². The van der Waals surface area contributed by atoms with Gasteiger partial charge in [-0.1, -0.05) is 6.92 Å². The van der Waals surface area contributed by atoms with Gasteiger partial charge in [0.1, 0.15) is 0 Å². The summed E-state index contributed by atoms with van der Waals surface area (Å²) in [5, 5.41) is 3.16. The monoisotopic (exact) mass is 279 g/mol. The van der Waals surface area contributed by atoms with E-state index in [9.17, 15) is 4.79 Å². The molecular formula is C14H25N5O. The van der Waals surface area contributed by atoms with Crippen LogP contribution in [0.4, 0.5) is 5.95 Å². The number of aromatic nitrogens is 2. The topological polar surface area (TPSA) is 87.0 Å². The van der Waals surface area contributed by atoms with Crippen LogP contribution in [-0.2, 0) is 4.79 Å². The van der Waals surface area contributed by atoms with E-state index in [0.717, 1.165) is 50.8 Å². The lowest BCUT2D eigenvalue weighted by molar-refractivity contribution is -0.134. The van der Waals surface area contributed by atoms with Crippen LogP contribution in [0.3, 0.4) is 0 Å². The number of imidazole rings is 1. The van der Waals surface area contributed by atoms with Crippen LogP contribution in [0.5, 0.6) is 0 Å². The van der Waals surface area contributed by atoms with Gasteiger partial charge in [0.05, 0.1) is 6.04 Å². The second-order valence-electron chi connectivity index (χ2n) is 5.62. The molecule has 0 bridgehead atoms. The number of aromatic amines is 1. The molecule has 1 aromatic rings. The Morgan fingerprint density at radius 1 is 1.60 bits per heavy atom. The average molecular weight is 279 g/mol. The van der Waals surface area contributed by atoms with Crippen LogP contribution in [0.25, 0.3) is 0 Å². The summed E-state index contributed by atoms with van der Waals surface area (Å²) in [5.41, 5.74) is 6.00. The van der Waals surface area contributed by atoms with Crippen LogP contribution in [-0.4, -0.2) is 46.5 Å². The summed E-state index contributed by atoms with van der Waals surface area (Å²) in [6.45, 7) is 4.73. The number of hydrogen-bond donors (Lipinski definition) is 3. The molecule has 1 aliphatic rings. The van der Waals surface area contributed by atoms with E-state index in [0.29, 0.717) is 6.42 Å². The third-order valence-electron chi connectivity index (χ3n) is 3.90. The van der Waals surface area contributed by atoms with Gasteiger partial charge in [0, 0.05) is 32.0 Å². The van der Waals surface area contributed by atoms with Gasteiger partial charge in [-0.3, -0.25) is 4.79 Å². The predicted molar refractivity (Wildman–Crippen MR) is 79.3 cm³/mol. The zero-order valence-electron chi connectivity index (χ0n) is 12.1. The van der Waals surface area contributed by atoms with E-state index in [1.54, 1.807) is 12.4 Å². The molecule has 1 amide bonds. The molecule has 20 heavy (non-hydrogen) atoms. The van der Waals surface area contributed by atoms with E-state index >= 15 is 0 Å². The van der Waals surface area contributed by atoms with Crippen molar-refractivity contribution in [3.05, 3.63) is 12.4 Å². The van der Waals surface area contributed by atoms with Crippen molar-refractivity contribution < 1.29 is 4.79 Å². The number of nitrogens with zero attached hydrogens (tertiary/aromatic N) is 2. The highest BCUT2D eigenvalue weighted by atomic mass is 16.2. The summed E-state index contributed by atoms with van der Waals surface area (Å²) >= 11 is 0. The second kappa shape index (κ2) is 7.28. The van der Waals surface area contributed by atoms with Crippen molar-refractivity contribution in [1.29, 1.82) is 0 Å². The molecule has 4 N–H and O–H groups in total. The first kappa shape index (κ1) is 14.8. The van der Waals surface area contributed by atoms with Gasteiger partial charge in [0.2, 0.25) is 5.91 Å². The number of carbonyl (C=O) groups excluding carboxylic acids is 1. The molecule has 6 heteroatoms. The van der Waals surface area contributed by atoms with Gasteiger partial charge in [0.25, 0.3) is 0 Å². The van der Waals surface area contributed by atoms with E-state index in [1.165, 1.54) is 0 Å². The van der Waals surface area contributed by atoms with Crippen LogP contribution >= 0.6 is 0 Å². The standard InChI is InChI=1S/C14H25N5O/c1-11-4-9-19(10-5-11)13(20)12(15)3-2-6-16-14-17-7-8-18-14/h7-8,11-12H,2-6,9-10,15H2,1H3,(H2,16,17,18)/t12-/m0/s1. The summed E-state index contributed by atoms with van der Waals surface area (Å²) in [7, 11) is 0. The van der Waals surface area contributed by atoms with Crippen LogP contribution in [0.15, 0.2) is 12.4 Å². The number of nitrogens with one attached hydrogen (secondary N) is 2. The molecular weight excluding hydrogens is 254 g/mol. The number of likely N-dealkylation sites (tertiary alicyclic amines) is 1. The molecule has 2 heterocycles. The SMILES string of the molecule is CC1CCN(C(=O)[C@@H](N)CCCNc2ncc[nH]2)CC1. The Hall–Kier alpha value is -1.56. The highest BCUT2D eigenvalue weighted by Gasteiger charge is 2.24. The molecule has 0 unspecified atom stereocenters. The third kappa shape index (κ3) is 4.23. The minimum Gasteiger partial charge on any atom is -0.356 e. The van der Waals surface area contributed by atoms with Crippen LogP contribution in [0, 0.1) is 5.92 Å². The molecule has 1 aliphatic heterocycles. The van der Waals surface area contributed by atoms with Crippen LogP contribution in [0.1, 0.15) is 32.6 Å². The Morgan fingerprint density at radius 3 is 3.00 bits per heavy atom. The van der Waals surface area contributed by atoms with E-state index in [4.69, 9.17) is 5.73 Å². The quantitative estimate of drug-likeness (QED) is 0.683. The normalized spacial score (nSPS) is 18.0. The Balaban J connectivity index is 1.63. The van der Waals surface area contributed by atoms with Gasteiger partial charge in [-0.2, -0.15) is 0 Å². The van der Waals surface area contributed by atoms with Crippen molar-refractivity contribution in [2.24, 2.45) is 11.7 Å². The third-order valence-corrected chi connectivity index (χ3v) is 3.90. The van der Waals surface area contributed by atoms with Crippen molar-refractivity contribution in [3.63, 3.8) is 0 Å². The Morgan fingerprint density at radius 2 is 2.35 bits per heavy atom. The summed E-state index contributed by atoms with van der Waals surface area (Å²) in [6, 6.07) is -0.373. The zero-order chi connectivity index (χ0) is 14.4. The van der Waals surface area contributed by atoms with Crippen molar-refractivity contribution in [2.45, 2.75) is 38.6 Å². The lowest BCUT2D eigenvalue weighted by Gasteiger charge is -2.32. The maximum Gasteiger partial charge on any atom is 0.239 e. The number of amides is 1. The van der Waals surface area contributed by atoms with Crippen molar-refractivity contribution in [1.82, 2.24) is 14.9 Å². The van der Waals surface area contributed by atoms with E-state index in [-0.39, 0.29) is 11.9 Å². The van der Waals surface area contributed by atoms with Crippen LogP contribution in [0.2, 0.25) is 0 Å². The highest BCUT2D eigenvalue weighted by Crippen LogP contribution is 2.17. The van der Waals surface area contributed by atoms with Crippen molar-refractivity contribution >= 4 is 11.9 Å². The molecule has 1 fully saturated rings. The number of hydrogen-bond acceptors (Lipinski definition) is 4. The molecule has 112 valence electrons. The molecule has 0 saturated carbocycles. The van der Waals surface area contributed by atoms with Crippen LogP contribution < -0.4 is 11.1 Å². The Labute approximate surface area is 120 Å². The van der Waals surface area contributed by atoms with Gasteiger partial charge in [-0.15, -0.1) is 0 Å². The Bertz CT molecular complexity index is 398. The zero-order valence-corrected chi connectivity index (χ0v) is 12.1. The van der Waals surface area contributed by atoms with Gasteiger partial charge in [-0.05, 0) is 31.6 Å². The smallest absolute Gasteiger partial charge is 0.239 e. The minimum atomic E-state index is -0.373. The summed E-state index contributed by atoms with van der Waals surface area (Å²) in [6.07, 6.45) is 7.23. The molecule has 0 aliphatic carbocycles. The first-order chi connectivity index (χ1) is 9.66. The minimum absolute atomic E-state index is 0.106. The number of nitrogens with two attached hydrogens (primary N) is 1. The fraction of sp³-hybridized carbons (Fsp3) is 0.714. The molecule has 1 saturated heterocycles. The second-order valence-corrected chi connectivity index (χ2v) is 5.62. The van der Waals surface area contributed by atoms with E-state index in [1.807, 2.05) is 4.90 Å². The number of piperidine rings is 1. The number of anilines is 1. The molecule has 6 nitrogen and oxygen atoms in total. The molecule has 0 aromatic carbocycles. The summed E-state index contributed by atoms with van der Waals surface area (Å²) < 4.78 is 0. The predicted octanol–water partition coefficient (Wildman–Crippen LogP) is 1.19. The Kier molecular flexibility index (Phi) is 5.40. The summed E-state index contributed by atoms with van der Waals surface area (Å²) in [5.74, 6) is 1.59. The first-order valence-electron chi connectivity index (χ1n) is 7.44.